The quantitative estimate of drug-likeness (QED) is 0.290. The number of aromatic nitrogens is 3. The van der Waals surface area contributed by atoms with Gasteiger partial charge in [0.1, 0.15) is 11.5 Å². The predicted molar refractivity (Wildman–Crippen MR) is 142 cm³/mol. The number of carbonyl (C=O) groups excluding carboxylic acids is 2. The predicted octanol–water partition coefficient (Wildman–Crippen LogP) is 4.00. The van der Waals surface area contributed by atoms with E-state index in [9.17, 15) is 9.59 Å². The summed E-state index contributed by atoms with van der Waals surface area (Å²) < 4.78 is 12.2. The molecule has 4 rings (SSSR count). The zero-order chi connectivity index (χ0) is 26.0. The number of thioether (sulfide) groups is 1. The van der Waals surface area contributed by atoms with Crippen molar-refractivity contribution in [2.75, 3.05) is 25.3 Å². The summed E-state index contributed by atoms with van der Waals surface area (Å²) in [6, 6.07) is 23.9. The number of hydrogen-bond acceptors (Lipinski definition) is 7. The third-order valence-corrected chi connectivity index (χ3v) is 6.41. The van der Waals surface area contributed by atoms with Crippen LogP contribution in [0.1, 0.15) is 21.7 Å². The SMILES string of the molecule is COc1ccc(NC(=O)CSc2nnc(CNC(=O)c3ccc(OC)cc3)n2Cc2ccccc2)cc1. The fourth-order valence-corrected chi connectivity index (χ4v) is 4.24. The molecule has 4 aromatic rings. The van der Waals surface area contributed by atoms with Crippen LogP contribution in [0.4, 0.5) is 5.69 Å². The van der Waals surface area contributed by atoms with Crippen LogP contribution in [0.2, 0.25) is 0 Å². The molecule has 3 aromatic carbocycles. The lowest BCUT2D eigenvalue weighted by molar-refractivity contribution is -0.113. The molecular weight excluding hydrogens is 490 g/mol. The van der Waals surface area contributed by atoms with Gasteiger partial charge in [0.2, 0.25) is 5.91 Å². The smallest absolute Gasteiger partial charge is 0.251 e. The van der Waals surface area contributed by atoms with Crippen molar-refractivity contribution in [3.05, 3.63) is 95.8 Å². The molecule has 9 nitrogen and oxygen atoms in total. The average Bonchev–Trinajstić information content (AvgIpc) is 3.32. The number of nitrogens with zero attached hydrogens (tertiary/aromatic N) is 3. The fraction of sp³-hybridized carbons (Fsp3) is 0.185. The number of amides is 2. The normalized spacial score (nSPS) is 10.5. The summed E-state index contributed by atoms with van der Waals surface area (Å²) >= 11 is 1.28. The van der Waals surface area contributed by atoms with E-state index >= 15 is 0 Å². The largest absolute Gasteiger partial charge is 0.497 e. The van der Waals surface area contributed by atoms with Crippen molar-refractivity contribution in [3.63, 3.8) is 0 Å². The molecule has 0 unspecified atom stereocenters. The van der Waals surface area contributed by atoms with Gasteiger partial charge in [-0.15, -0.1) is 10.2 Å². The molecule has 1 aromatic heterocycles. The summed E-state index contributed by atoms with van der Waals surface area (Å²) in [5, 5.41) is 14.9. The van der Waals surface area contributed by atoms with Gasteiger partial charge in [-0.3, -0.25) is 9.59 Å². The first kappa shape index (κ1) is 25.8. The summed E-state index contributed by atoms with van der Waals surface area (Å²) in [5.41, 5.74) is 2.24. The molecule has 0 saturated carbocycles. The molecule has 2 amide bonds. The van der Waals surface area contributed by atoms with Gasteiger partial charge in [-0.2, -0.15) is 0 Å². The van der Waals surface area contributed by atoms with Gasteiger partial charge in [0.05, 0.1) is 33.1 Å². The Morgan fingerprint density at radius 1 is 0.865 bits per heavy atom. The molecule has 0 aliphatic carbocycles. The standard InChI is InChI=1S/C27H27N5O4S/c1-35-22-12-8-20(9-13-22)26(34)28-16-24-30-31-27(32(24)17-19-6-4-3-5-7-19)37-18-25(33)29-21-10-14-23(36-2)15-11-21/h3-15H,16-18H2,1-2H3,(H,28,34)(H,29,33). The van der Waals surface area contributed by atoms with Crippen LogP contribution in [-0.4, -0.2) is 46.6 Å². The maximum absolute atomic E-state index is 12.6. The Morgan fingerprint density at radius 2 is 1.51 bits per heavy atom. The van der Waals surface area contributed by atoms with Crippen molar-refractivity contribution in [2.45, 2.75) is 18.2 Å². The molecule has 0 atom stereocenters. The van der Waals surface area contributed by atoms with Crippen molar-refractivity contribution in [2.24, 2.45) is 0 Å². The van der Waals surface area contributed by atoms with Crippen molar-refractivity contribution >= 4 is 29.3 Å². The van der Waals surface area contributed by atoms with E-state index in [1.165, 1.54) is 11.8 Å². The number of methoxy groups -OCH3 is 2. The highest BCUT2D eigenvalue weighted by atomic mass is 32.2. The summed E-state index contributed by atoms with van der Waals surface area (Å²) in [6.07, 6.45) is 0. The van der Waals surface area contributed by atoms with Crippen LogP contribution >= 0.6 is 11.8 Å². The van der Waals surface area contributed by atoms with Gasteiger partial charge in [-0.1, -0.05) is 42.1 Å². The molecule has 2 N–H and O–H groups in total. The molecule has 1 heterocycles. The van der Waals surface area contributed by atoms with E-state index in [4.69, 9.17) is 9.47 Å². The third kappa shape index (κ3) is 7.11. The van der Waals surface area contributed by atoms with E-state index in [2.05, 4.69) is 20.8 Å². The van der Waals surface area contributed by atoms with Gasteiger partial charge >= 0.3 is 0 Å². The average molecular weight is 518 g/mol. The van der Waals surface area contributed by atoms with Crippen LogP contribution in [0.3, 0.4) is 0 Å². The molecule has 0 bridgehead atoms. The zero-order valence-electron chi connectivity index (χ0n) is 20.5. The Kier molecular flexibility index (Phi) is 8.77. The van der Waals surface area contributed by atoms with E-state index < -0.39 is 0 Å². The summed E-state index contributed by atoms with van der Waals surface area (Å²) in [6.45, 7) is 0.688. The topological polar surface area (TPSA) is 107 Å². The number of anilines is 1. The second-order valence-corrected chi connectivity index (χ2v) is 8.89. The number of nitrogens with one attached hydrogen (secondary N) is 2. The zero-order valence-corrected chi connectivity index (χ0v) is 21.3. The maximum Gasteiger partial charge on any atom is 0.251 e. The van der Waals surface area contributed by atoms with Crippen LogP contribution in [0.15, 0.2) is 84.0 Å². The highest BCUT2D eigenvalue weighted by Crippen LogP contribution is 2.21. The Balaban J connectivity index is 1.43. The van der Waals surface area contributed by atoms with E-state index in [0.717, 1.165) is 5.56 Å². The molecule has 0 spiro atoms. The minimum Gasteiger partial charge on any atom is -0.497 e. The molecule has 0 saturated heterocycles. The monoisotopic (exact) mass is 517 g/mol. The lowest BCUT2D eigenvalue weighted by Crippen LogP contribution is -2.25. The van der Waals surface area contributed by atoms with Gasteiger partial charge in [0, 0.05) is 11.3 Å². The highest BCUT2D eigenvalue weighted by Gasteiger charge is 2.16. The summed E-state index contributed by atoms with van der Waals surface area (Å²) in [4.78, 5) is 25.2. The van der Waals surface area contributed by atoms with Crippen LogP contribution in [-0.2, 0) is 17.9 Å². The minimum absolute atomic E-state index is 0.150. The number of rotatable bonds is 11. The molecule has 0 aliphatic heterocycles. The van der Waals surface area contributed by atoms with E-state index in [-0.39, 0.29) is 24.1 Å². The van der Waals surface area contributed by atoms with E-state index in [1.54, 1.807) is 62.8 Å². The third-order valence-electron chi connectivity index (χ3n) is 5.44. The molecular formula is C27H27N5O4S. The fourth-order valence-electron chi connectivity index (χ4n) is 3.49. The molecule has 0 radical (unpaired) electrons. The lowest BCUT2D eigenvalue weighted by atomic mass is 10.2. The van der Waals surface area contributed by atoms with Crippen LogP contribution in [0.5, 0.6) is 11.5 Å². The van der Waals surface area contributed by atoms with Crippen molar-refractivity contribution in [1.82, 2.24) is 20.1 Å². The first-order chi connectivity index (χ1) is 18.1. The van der Waals surface area contributed by atoms with Crippen LogP contribution in [0, 0.1) is 0 Å². The van der Waals surface area contributed by atoms with Crippen molar-refractivity contribution in [1.29, 1.82) is 0 Å². The summed E-state index contributed by atoms with van der Waals surface area (Å²) in [7, 11) is 3.17. The van der Waals surface area contributed by atoms with E-state index in [1.807, 2.05) is 34.9 Å². The first-order valence-corrected chi connectivity index (χ1v) is 12.5. The Morgan fingerprint density at radius 3 is 2.16 bits per heavy atom. The molecule has 190 valence electrons. The summed E-state index contributed by atoms with van der Waals surface area (Å²) in [5.74, 6) is 1.73. The Hall–Kier alpha value is -4.31. The highest BCUT2D eigenvalue weighted by molar-refractivity contribution is 7.99. The van der Waals surface area contributed by atoms with Gasteiger partial charge in [0.25, 0.3) is 5.91 Å². The van der Waals surface area contributed by atoms with Crippen molar-refractivity contribution < 1.29 is 19.1 Å². The van der Waals surface area contributed by atoms with E-state index in [0.29, 0.717) is 40.3 Å². The number of benzene rings is 3. The maximum atomic E-state index is 12.6. The van der Waals surface area contributed by atoms with Crippen LogP contribution in [0.25, 0.3) is 0 Å². The molecule has 0 fully saturated rings. The molecule has 37 heavy (non-hydrogen) atoms. The number of carbonyl (C=O) groups is 2. The Bertz CT molecular complexity index is 1330. The Labute approximate surface area is 219 Å². The first-order valence-electron chi connectivity index (χ1n) is 11.5. The number of hydrogen-bond donors (Lipinski definition) is 2. The van der Waals surface area contributed by atoms with Gasteiger partial charge in [-0.05, 0) is 54.1 Å². The van der Waals surface area contributed by atoms with Crippen LogP contribution < -0.4 is 20.1 Å². The second-order valence-electron chi connectivity index (χ2n) is 7.95. The second kappa shape index (κ2) is 12.6. The van der Waals surface area contributed by atoms with Gasteiger partial charge < -0.3 is 24.7 Å². The lowest BCUT2D eigenvalue weighted by Gasteiger charge is -2.11. The minimum atomic E-state index is -0.231. The van der Waals surface area contributed by atoms with Gasteiger partial charge in [0.15, 0.2) is 11.0 Å². The van der Waals surface area contributed by atoms with Crippen molar-refractivity contribution in [3.8, 4) is 11.5 Å². The molecule has 0 aliphatic rings. The number of ether oxygens (including phenoxy) is 2. The molecule has 10 heteroatoms. The van der Waals surface area contributed by atoms with Gasteiger partial charge in [-0.25, -0.2) is 0 Å².